The maximum Gasteiger partial charge on any atom is 0.256 e. The third kappa shape index (κ3) is 4.03. The Morgan fingerprint density at radius 1 is 1.00 bits per heavy atom. The van der Waals surface area contributed by atoms with E-state index in [9.17, 15) is 9.59 Å². The first kappa shape index (κ1) is 18.9. The summed E-state index contributed by atoms with van der Waals surface area (Å²) in [6, 6.07) is 11.2. The fourth-order valence-corrected chi connectivity index (χ4v) is 3.55. The first-order chi connectivity index (χ1) is 14.0. The van der Waals surface area contributed by atoms with Crippen LogP contribution in [0.2, 0.25) is 0 Å². The van der Waals surface area contributed by atoms with Crippen LogP contribution in [0.1, 0.15) is 22.8 Å². The summed E-state index contributed by atoms with van der Waals surface area (Å²) in [6.45, 7) is 6.41. The molecule has 0 atom stereocenters. The van der Waals surface area contributed by atoms with E-state index in [0.717, 1.165) is 35.2 Å². The number of nitrogens with one attached hydrogen (secondary N) is 1. The second-order valence-corrected chi connectivity index (χ2v) is 7.22. The molecule has 0 spiro atoms. The lowest BCUT2D eigenvalue weighted by Crippen LogP contribution is -2.48. The minimum atomic E-state index is -0.201. The summed E-state index contributed by atoms with van der Waals surface area (Å²) < 4.78 is 0. The van der Waals surface area contributed by atoms with Gasteiger partial charge in [0.15, 0.2) is 0 Å². The third-order valence-electron chi connectivity index (χ3n) is 5.24. The lowest BCUT2D eigenvalue weighted by atomic mass is 10.1. The summed E-state index contributed by atoms with van der Waals surface area (Å²) in [4.78, 5) is 37.0. The van der Waals surface area contributed by atoms with Crippen molar-refractivity contribution in [1.29, 1.82) is 0 Å². The Kier molecular flexibility index (Phi) is 5.12. The third-order valence-corrected chi connectivity index (χ3v) is 5.24. The predicted octanol–water partition coefficient (Wildman–Crippen LogP) is 2.86. The average molecular weight is 389 g/mol. The summed E-state index contributed by atoms with van der Waals surface area (Å²) in [7, 11) is 0. The fraction of sp³-hybridized carbons (Fsp3) is 0.273. The van der Waals surface area contributed by atoms with Gasteiger partial charge < -0.3 is 15.1 Å². The normalized spacial score (nSPS) is 14.1. The summed E-state index contributed by atoms with van der Waals surface area (Å²) >= 11 is 0. The molecule has 0 radical (unpaired) electrons. The van der Waals surface area contributed by atoms with Crippen LogP contribution in [0, 0.1) is 6.92 Å². The second kappa shape index (κ2) is 7.87. The Labute approximate surface area is 169 Å². The summed E-state index contributed by atoms with van der Waals surface area (Å²) in [5, 5.41) is 4.86. The molecule has 4 rings (SSSR count). The number of hydrogen-bond acceptors (Lipinski definition) is 5. The van der Waals surface area contributed by atoms with Crippen LogP contribution in [0.3, 0.4) is 0 Å². The Morgan fingerprint density at radius 2 is 1.79 bits per heavy atom. The van der Waals surface area contributed by atoms with E-state index in [1.165, 1.54) is 0 Å². The number of fused-ring (bicyclic) bond motifs is 1. The molecule has 2 amide bonds. The van der Waals surface area contributed by atoms with Crippen molar-refractivity contribution < 1.29 is 9.59 Å². The van der Waals surface area contributed by atoms with Gasteiger partial charge in [-0.05, 0) is 42.1 Å². The molecule has 1 aliphatic heterocycles. The number of benzene rings is 1. The van der Waals surface area contributed by atoms with Crippen LogP contribution in [0.5, 0.6) is 0 Å². The number of hydrogen-bond donors (Lipinski definition) is 1. The molecule has 3 aromatic rings. The van der Waals surface area contributed by atoms with Crippen molar-refractivity contribution in [2.45, 2.75) is 13.8 Å². The molecular formula is C22H23N5O2. The number of carbonyl (C=O) groups is 2. The maximum absolute atomic E-state index is 12.7. The number of nitrogens with zero attached hydrogens (tertiary/aromatic N) is 4. The largest absolute Gasteiger partial charge is 0.353 e. The van der Waals surface area contributed by atoms with Crippen LogP contribution < -0.4 is 10.2 Å². The molecule has 2 aromatic heterocycles. The van der Waals surface area contributed by atoms with E-state index in [1.807, 2.05) is 42.2 Å². The highest BCUT2D eigenvalue weighted by Gasteiger charge is 2.21. The highest BCUT2D eigenvalue weighted by atomic mass is 16.2. The zero-order valence-electron chi connectivity index (χ0n) is 16.6. The topological polar surface area (TPSA) is 78.4 Å². The van der Waals surface area contributed by atoms with E-state index in [2.05, 4.69) is 20.2 Å². The van der Waals surface area contributed by atoms with Crippen LogP contribution in [0.15, 0.2) is 48.8 Å². The monoisotopic (exact) mass is 389 g/mol. The predicted molar refractivity (Wildman–Crippen MR) is 113 cm³/mol. The smallest absolute Gasteiger partial charge is 0.256 e. The molecule has 7 nitrogen and oxygen atoms in total. The molecule has 0 unspecified atom stereocenters. The Bertz CT molecular complexity index is 1070. The minimum absolute atomic E-state index is 0.0986. The zero-order chi connectivity index (χ0) is 20.4. The summed E-state index contributed by atoms with van der Waals surface area (Å²) in [5.74, 6) is 1.25. The van der Waals surface area contributed by atoms with Gasteiger partial charge in [0.05, 0.1) is 0 Å². The molecule has 7 heteroatoms. The van der Waals surface area contributed by atoms with E-state index in [1.54, 1.807) is 25.4 Å². The van der Waals surface area contributed by atoms with Crippen molar-refractivity contribution >= 4 is 34.2 Å². The number of amides is 2. The summed E-state index contributed by atoms with van der Waals surface area (Å²) in [5.41, 5.74) is 1.61. The first-order valence-electron chi connectivity index (χ1n) is 9.64. The van der Waals surface area contributed by atoms with Crippen molar-refractivity contribution in [2.24, 2.45) is 0 Å². The van der Waals surface area contributed by atoms with E-state index in [-0.39, 0.29) is 11.8 Å². The van der Waals surface area contributed by atoms with E-state index >= 15 is 0 Å². The highest BCUT2D eigenvalue weighted by Crippen LogP contribution is 2.22. The molecular weight excluding hydrogens is 366 g/mol. The van der Waals surface area contributed by atoms with Crippen molar-refractivity contribution in [3.05, 3.63) is 59.9 Å². The first-order valence-corrected chi connectivity index (χ1v) is 9.64. The minimum Gasteiger partial charge on any atom is -0.353 e. The van der Waals surface area contributed by atoms with Gasteiger partial charge >= 0.3 is 0 Å². The molecule has 1 N–H and O–H groups in total. The Balaban J connectivity index is 1.51. The molecule has 3 heterocycles. The van der Waals surface area contributed by atoms with Crippen LogP contribution in [0.4, 0.5) is 11.6 Å². The molecule has 1 saturated heterocycles. The maximum atomic E-state index is 12.7. The van der Waals surface area contributed by atoms with Gasteiger partial charge in [-0.25, -0.2) is 4.98 Å². The fourth-order valence-electron chi connectivity index (χ4n) is 3.55. The van der Waals surface area contributed by atoms with E-state index in [4.69, 9.17) is 0 Å². The molecule has 0 aliphatic carbocycles. The van der Waals surface area contributed by atoms with Gasteiger partial charge in [-0.2, -0.15) is 0 Å². The number of anilines is 2. The Morgan fingerprint density at radius 3 is 2.55 bits per heavy atom. The number of piperazine rings is 1. The van der Waals surface area contributed by atoms with Crippen LogP contribution in [-0.2, 0) is 4.79 Å². The van der Waals surface area contributed by atoms with Gasteiger partial charge in [0.1, 0.15) is 11.6 Å². The lowest BCUT2D eigenvalue weighted by Gasteiger charge is -2.35. The van der Waals surface area contributed by atoms with Crippen molar-refractivity contribution in [2.75, 3.05) is 36.4 Å². The van der Waals surface area contributed by atoms with Crippen molar-refractivity contribution in [1.82, 2.24) is 14.9 Å². The molecule has 0 bridgehead atoms. The average Bonchev–Trinajstić information content (AvgIpc) is 2.74. The van der Waals surface area contributed by atoms with Gasteiger partial charge in [-0.3, -0.25) is 14.6 Å². The molecule has 29 heavy (non-hydrogen) atoms. The quantitative estimate of drug-likeness (QED) is 0.745. The van der Waals surface area contributed by atoms with Crippen molar-refractivity contribution in [3.8, 4) is 0 Å². The van der Waals surface area contributed by atoms with Gasteiger partial charge in [-0.1, -0.05) is 12.1 Å². The van der Waals surface area contributed by atoms with Gasteiger partial charge in [0.2, 0.25) is 5.91 Å². The van der Waals surface area contributed by atoms with Crippen molar-refractivity contribution in [3.63, 3.8) is 0 Å². The van der Waals surface area contributed by atoms with E-state index in [0.29, 0.717) is 24.5 Å². The molecule has 148 valence electrons. The number of aryl methyl sites for hydroxylation is 1. The molecule has 1 aliphatic rings. The number of rotatable bonds is 3. The second-order valence-electron chi connectivity index (χ2n) is 7.22. The molecule has 0 saturated carbocycles. The van der Waals surface area contributed by atoms with Gasteiger partial charge in [0, 0.05) is 56.4 Å². The lowest BCUT2D eigenvalue weighted by molar-refractivity contribution is -0.129. The highest BCUT2D eigenvalue weighted by molar-refractivity contribution is 6.06. The standard InChI is InChI=1S/C22H23N5O2/c1-15-3-6-20(24-21(15)27-11-9-26(10-12-27)16(2)28)25-22(29)18-4-5-19-14-23-8-7-17(19)13-18/h3-8,13-14H,9-12H2,1-2H3,(H,24,25,29). The van der Waals surface area contributed by atoms with E-state index < -0.39 is 0 Å². The number of pyridine rings is 2. The van der Waals surface area contributed by atoms with Gasteiger partial charge in [-0.15, -0.1) is 0 Å². The molecule has 1 aromatic carbocycles. The summed E-state index contributed by atoms with van der Waals surface area (Å²) in [6.07, 6.45) is 3.49. The van der Waals surface area contributed by atoms with Crippen LogP contribution >= 0.6 is 0 Å². The van der Waals surface area contributed by atoms with Gasteiger partial charge in [0.25, 0.3) is 5.91 Å². The van der Waals surface area contributed by atoms with Crippen LogP contribution in [-0.4, -0.2) is 52.9 Å². The zero-order valence-corrected chi connectivity index (χ0v) is 16.6. The van der Waals surface area contributed by atoms with Crippen LogP contribution in [0.25, 0.3) is 10.8 Å². The molecule has 1 fully saturated rings. The SMILES string of the molecule is CC(=O)N1CCN(c2nc(NC(=O)c3ccc4cnccc4c3)ccc2C)CC1. The number of aromatic nitrogens is 2. The number of carbonyl (C=O) groups excluding carboxylic acids is 2. The Hall–Kier alpha value is -3.48.